The van der Waals surface area contributed by atoms with Gasteiger partial charge >= 0.3 is 11.4 Å². The molecule has 2 aliphatic rings. The number of morpholine rings is 2. The van der Waals surface area contributed by atoms with E-state index in [1.807, 2.05) is 45.3 Å². The van der Waals surface area contributed by atoms with Crippen LogP contribution in [0.15, 0.2) is 136 Å². The first kappa shape index (κ1) is 69.0. The van der Waals surface area contributed by atoms with E-state index < -0.39 is 21.5 Å². The van der Waals surface area contributed by atoms with Gasteiger partial charge in [0.05, 0.1) is 72.6 Å². The van der Waals surface area contributed by atoms with Crippen molar-refractivity contribution in [2.24, 2.45) is 14.1 Å². The Balaban J connectivity index is 0.000000187. The number of nitrogens with zero attached hydrogens (tertiary/aromatic N) is 12. The first-order valence-corrected chi connectivity index (χ1v) is 30.5. The lowest BCUT2D eigenvalue weighted by atomic mass is 10.2. The molecule has 24 nitrogen and oxygen atoms in total. The van der Waals surface area contributed by atoms with Crippen molar-refractivity contribution in [2.45, 2.75) is 24.0 Å². The molecule has 2 atom stereocenters. The summed E-state index contributed by atoms with van der Waals surface area (Å²) in [6.45, 7) is 8.75. The number of para-hydroxylation sites is 2. The van der Waals surface area contributed by atoms with Crippen LogP contribution in [-0.4, -0.2) is 159 Å². The number of rotatable bonds is 11. The Morgan fingerprint density at radius 3 is 1.48 bits per heavy atom. The van der Waals surface area contributed by atoms with Gasteiger partial charge in [-0.2, -0.15) is 18.4 Å². The Kier molecular flexibility index (Phi) is 23.5. The molecule has 5 aromatic carbocycles. The van der Waals surface area contributed by atoms with Crippen molar-refractivity contribution in [1.82, 2.24) is 48.0 Å². The van der Waals surface area contributed by atoms with Gasteiger partial charge in [-0.25, -0.2) is 28.7 Å². The van der Waals surface area contributed by atoms with Crippen molar-refractivity contribution in [3.8, 4) is 11.4 Å². The third-order valence-electron chi connectivity index (χ3n) is 13.9. The van der Waals surface area contributed by atoms with Gasteiger partial charge < -0.3 is 45.6 Å². The monoisotopic (exact) mass is 1330 g/mol. The van der Waals surface area contributed by atoms with Gasteiger partial charge in [0, 0.05) is 88.5 Å². The Hall–Kier alpha value is -7.50. The quantitative estimate of drug-likeness (QED) is 0.0478. The van der Waals surface area contributed by atoms with Crippen LogP contribution in [0.25, 0.3) is 33.4 Å². The van der Waals surface area contributed by atoms with Gasteiger partial charge in [0.1, 0.15) is 11.0 Å². The van der Waals surface area contributed by atoms with Crippen LogP contribution in [0.1, 0.15) is 5.56 Å². The Morgan fingerprint density at radius 2 is 1.06 bits per heavy atom. The molecule has 0 amide bonds. The maximum absolute atomic E-state index is 13.2. The molecule has 89 heavy (non-hydrogen) atoms. The van der Waals surface area contributed by atoms with Gasteiger partial charge in [0.25, 0.3) is 10.1 Å². The van der Waals surface area contributed by atoms with Gasteiger partial charge in [-0.3, -0.25) is 24.5 Å². The normalized spacial score (nSPS) is 14.9. The van der Waals surface area contributed by atoms with Gasteiger partial charge in [0.15, 0.2) is 11.3 Å². The first-order chi connectivity index (χ1) is 41.8. The third kappa shape index (κ3) is 17.1. The Bertz CT molecular complexity index is 4290. The van der Waals surface area contributed by atoms with E-state index in [0.717, 1.165) is 77.6 Å². The summed E-state index contributed by atoms with van der Waals surface area (Å²) in [5, 5.41) is 21.9. The molecule has 2 unspecified atom stereocenters. The minimum Gasteiger partial charge on any atom is -0.412 e. The standard InChI is InChI=1S/C26H28Cl2N8O2.C13H8Cl3N5O.C13H21N3O.C7H8O3S.H2O/c1-33(2)14-18-15-35(11-12-38-18)17-9-7-16(8-10-17)31-25-30-13-19-23(29)36(26(37)34(3)24(19)32-25)22-20(27)5-4-6-21(22)28;1-20-11-6(5-18-12(16)19-11)10(17)21(13(20)22)9-7(14)3-2-4-8(9)15;1-15(2)9-13-10-16(7-8-17-13)12-5-3-11(14)4-6-12;1-6-2-4-7(5-3-6)11(8,9)10;/h4-10,13,18,29H,11-12,14-15H2,1-3H3,(H,30,31,32);2-5,17H,1H3;3-6,13H,7-10,14H2,1-2H3;2-5H,1H3,(H,8,9,10);1H2. The van der Waals surface area contributed by atoms with E-state index in [1.54, 1.807) is 55.6 Å². The van der Waals surface area contributed by atoms with Crippen molar-refractivity contribution in [3.05, 3.63) is 184 Å². The van der Waals surface area contributed by atoms with Crippen molar-refractivity contribution >= 4 is 119 Å². The van der Waals surface area contributed by atoms with Crippen LogP contribution in [0, 0.1) is 17.7 Å². The van der Waals surface area contributed by atoms with Gasteiger partial charge in [-0.1, -0.05) is 76.2 Å². The number of nitrogens with two attached hydrogens (primary N) is 1. The number of aromatic nitrogens is 8. The topological polar surface area (TPSA) is 308 Å². The van der Waals surface area contributed by atoms with Crippen molar-refractivity contribution in [1.29, 1.82) is 10.8 Å². The summed E-state index contributed by atoms with van der Waals surface area (Å²) < 4.78 is 46.1. The molecule has 2 fully saturated rings. The van der Waals surface area contributed by atoms with Crippen LogP contribution < -0.4 is 43.2 Å². The highest BCUT2D eigenvalue weighted by molar-refractivity contribution is 7.85. The molecular weight excluding hydrogens is 1270 g/mol. The van der Waals surface area contributed by atoms with E-state index in [0.29, 0.717) is 29.0 Å². The molecule has 0 radical (unpaired) electrons. The summed E-state index contributed by atoms with van der Waals surface area (Å²) in [5.74, 6) is 0.311. The maximum Gasteiger partial charge on any atom is 0.335 e. The smallest absolute Gasteiger partial charge is 0.335 e. The zero-order valence-corrected chi connectivity index (χ0v) is 54.1. The number of nitrogens with one attached hydrogen (secondary N) is 3. The number of hydrogen-bond acceptors (Lipinski definition) is 18. The lowest BCUT2D eigenvalue weighted by molar-refractivity contribution is 0.0246. The van der Waals surface area contributed by atoms with Crippen LogP contribution in [0.2, 0.25) is 25.4 Å². The molecule has 0 bridgehead atoms. The fraction of sp³-hybridized carbons (Fsp3) is 0.288. The van der Waals surface area contributed by atoms with E-state index in [2.05, 4.69) is 83.2 Å². The molecule has 4 aromatic heterocycles. The molecule has 2 aliphatic heterocycles. The predicted octanol–water partition coefficient (Wildman–Crippen LogP) is 7.43. The van der Waals surface area contributed by atoms with E-state index in [-0.39, 0.29) is 76.0 Å². The number of likely N-dealkylation sites (N-methyl/N-ethyl adjacent to an activating group) is 2. The van der Waals surface area contributed by atoms with E-state index >= 15 is 0 Å². The zero-order valence-electron chi connectivity index (χ0n) is 49.5. The van der Waals surface area contributed by atoms with E-state index in [4.69, 9.17) is 88.6 Å². The largest absolute Gasteiger partial charge is 0.412 e. The summed E-state index contributed by atoms with van der Waals surface area (Å²) in [4.78, 5) is 51.5. The lowest BCUT2D eigenvalue weighted by Gasteiger charge is -2.35. The number of nitrogen functional groups attached to an aromatic ring is 1. The molecule has 30 heteroatoms. The zero-order chi connectivity index (χ0) is 63.7. The summed E-state index contributed by atoms with van der Waals surface area (Å²) in [6.07, 6.45) is 3.36. The average Bonchev–Trinajstić information content (AvgIpc) is 1.40. The Morgan fingerprint density at radius 1 is 0.640 bits per heavy atom. The molecule has 0 saturated carbocycles. The minimum atomic E-state index is -4.02. The minimum absolute atomic E-state index is 0. The van der Waals surface area contributed by atoms with Crippen molar-refractivity contribution < 1.29 is 27.9 Å². The molecule has 9 aromatic rings. The highest BCUT2D eigenvalue weighted by atomic mass is 35.5. The number of anilines is 5. The molecule has 0 aliphatic carbocycles. The van der Waals surface area contributed by atoms with Crippen LogP contribution >= 0.6 is 58.0 Å². The molecule has 6 heterocycles. The molecule has 8 N–H and O–H groups in total. The van der Waals surface area contributed by atoms with Crippen LogP contribution in [0.4, 0.5) is 28.7 Å². The van der Waals surface area contributed by atoms with Gasteiger partial charge in [-0.15, -0.1) is 0 Å². The van der Waals surface area contributed by atoms with E-state index in [1.165, 1.54) is 46.4 Å². The van der Waals surface area contributed by atoms with Crippen molar-refractivity contribution in [3.63, 3.8) is 0 Å². The third-order valence-corrected chi connectivity index (χ3v) is 16.1. The number of halogens is 5. The summed E-state index contributed by atoms with van der Waals surface area (Å²) >= 11 is 30.7. The summed E-state index contributed by atoms with van der Waals surface area (Å²) in [6, 6.07) is 31.8. The van der Waals surface area contributed by atoms with Gasteiger partial charge in [-0.05, 0) is 132 Å². The van der Waals surface area contributed by atoms with Crippen LogP contribution in [0.5, 0.6) is 0 Å². The molecule has 472 valence electrons. The molecular formula is C59H67Cl5N16O8S. The van der Waals surface area contributed by atoms with E-state index in [9.17, 15) is 18.0 Å². The predicted molar refractivity (Wildman–Crippen MR) is 351 cm³/mol. The van der Waals surface area contributed by atoms with Crippen molar-refractivity contribution in [2.75, 3.05) is 102 Å². The molecule has 2 saturated heterocycles. The van der Waals surface area contributed by atoms with Gasteiger partial charge in [0.2, 0.25) is 11.2 Å². The maximum atomic E-state index is 13.2. The molecule has 0 spiro atoms. The van der Waals surface area contributed by atoms with Crippen LogP contribution in [-0.2, 0) is 33.7 Å². The Labute approximate surface area is 537 Å². The second-order valence-electron chi connectivity index (χ2n) is 21.0. The highest BCUT2D eigenvalue weighted by Crippen LogP contribution is 2.29. The first-order valence-electron chi connectivity index (χ1n) is 27.2. The second-order valence-corrected chi connectivity index (χ2v) is 24.3. The summed E-state index contributed by atoms with van der Waals surface area (Å²) in [5.41, 5.74) is 10.4. The SMILES string of the molecule is CN(C)CC1CN(c2ccc(N)cc2)CCO1.CN(C)CC1CN(c2ccc(Nc3ncc4c(=N)n(-c5c(Cl)cccc5Cl)c(=O)n(C)c4n3)cc2)CCO1.Cc1ccc(S(=O)(=O)O)cc1.Cn1c(=O)n(-c2c(Cl)cccc2Cl)c(=N)c2cnc(Cl)nc21.O. The fourth-order valence-corrected chi connectivity index (χ4v) is 11.3. The number of benzene rings is 5. The number of hydrogen-bond donors (Lipinski definition) is 5. The summed E-state index contributed by atoms with van der Waals surface area (Å²) in [7, 11) is 7.34. The second kappa shape index (κ2) is 30.3. The average molecular weight is 1340 g/mol. The highest BCUT2D eigenvalue weighted by Gasteiger charge is 2.24. The number of ether oxygens (including phenoxy) is 2. The van der Waals surface area contributed by atoms with Crippen LogP contribution in [0.3, 0.4) is 0 Å². The fourth-order valence-electron chi connectivity index (χ4n) is 9.59. The number of aryl methyl sites for hydroxylation is 3. The number of fused-ring (bicyclic) bond motifs is 2. The molecule has 11 rings (SSSR count). The lowest BCUT2D eigenvalue weighted by Crippen LogP contribution is -2.46.